The van der Waals surface area contributed by atoms with Crippen LogP contribution in [0.5, 0.6) is 11.5 Å². The molecule has 2 aromatic carbocycles. The summed E-state index contributed by atoms with van der Waals surface area (Å²) >= 11 is 1.28. The molecule has 0 saturated carbocycles. The molecule has 4 rings (SSSR count). The van der Waals surface area contributed by atoms with Crippen molar-refractivity contribution in [2.45, 2.75) is 0 Å². The summed E-state index contributed by atoms with van der Waals surface area (Å²) in [7, 11) is 5.08. The number of ether oxygens (including phenoxy) is 2. The lowest BCUT2D eigenvalue weighted by molar-refractivity contribution is 0.112. The van der Waals surface area contributed by atoms with Gasteiger partial charge in [0.25, 0.3) is 0 Å². The van der Waals surface area contributed by atoms with Crippen molar-refractivity contribution < 1.29 is 18.7 Å². The van der Waals surface area contributed by atoms with Crippen LogP contribution in [0.4, 0.5) is 26.7 Å². The van der Waals surface area contributed by atoms with Gasteiger partial charge < -0.3 is 30.3 Å². The van der Waals surface area contributed by atoms with Crippen LogP contribution in [-0.2, 0) is 0 Å². The standard InChI is InChI=1S/C23H26FN5O3S/c1-28-6-8-29(9-7-28)17-5-4-15(12-16(17)24)26-23-27-22(25)21(33-23)20-18(31-2)10-14(13-30)11-19(20)32-3/h4-5,10-13H,6-9,25H2,1-3H3,(H,26,27). The van der Waals surface area contributed by atoms with E-state index in [4.69, 9.17) is 15.2 Å². The van der Waals surface area contributed by atoms with Gasteiger partial charge in [0.15, 0.2) is 5.13 Å². The number of anilines is 4. The molecule has 8 nitrogen and oxygen atoms in total. The third-order valence-electron chi connectivity index (χ3n) is 5.59. The Morgan fingerprint density at radius 3 is 2.36 bits per heavy atom. The molecule has 3 N–H and O–H groups in total. The van der Waals surface area contributed by atoms with E-state index in [2.05, 4.69) is 27.1 Å². The predicted octanol–water partition coefficient (Wildman–Crippen LogP) is 3.86. The molecule has 0 spiro atoms. The van der Waals surface area contributed by atoms with Gasteiger partial charge in [-0.1, -0.05) is 11.3 Å². The number of carbonyl (C=O) groups is 1. The number of aldehydes is 1. The zero-order valence-corrected chi connectivity index (χ0v) is 19.5. The Morgan fingerprint density at radius 2 is 1.79 bits per heavy atom. The van der Waals surface area contributed by atoms with Gasteiger partial charge in [0.05, 0.1) is 30.3 Å². The van der Waals surface area contributed by atoms with Gasteiger partial charge in [-0.2, -0.15) is 0 Å². The summed E-state index contributed by atoms with van der Waals surface area (Å²) in [6.45, 7) is 3.39. The van der Waals surface area contributed by atoms with E-state index in [0.29, 0.717) is 44.0 Å². The van der Waals surface area contributed by atoms with Crippen molar-refractivity contribution >= 4 is 39.9 Å². The summed E-state index contributed by atoms with van der Waals surface area (Å²) in [5, 5.41) is 3.63. The minimum atomic E-state index is -0.290. The molecule has 0 bridgehead atoms. The number of hydrogen-bond donors (Lipinski definition) is 2. The molecule has 33 heavy (non-hydrogen) atoms. The largest absolute Gasteiger partial charge is 0.496 e. The van der Waals surface area contributed by atoms with Gasteiger partial charge in [-0.3, -0.25) is 4.79 Å². The zero-order valence-electron chi connectivity index (χ0n) is 18.7. The van der Waals surface area contributed by atoms with Gasteiger partial charge in [0.2, 0.25) is 0 Å². The first-order valence-corrected chi connectivity index (χ1v) is 11.2. The number of aromatic nitrogens is 1. The van der Waals surface area contributed by atoms with Gasteiger partial charge in [-0.25, -0.2) is 9.37 Å². The smallest absolute Gasteiger partial charge is 0.189 e. The van der Waals surface area contributed by atoms with Crippen LogP contribution in [0.3, 0.4) is 0 Å². The van der Waals surface area contributed by atoms with Crippen molar-refractivity contribution in [1.82, 2.24) is 9.88 Å². The molecule has 1 saturated heterocycles. The predicted molar refractivity (Wildman–Crippen MR) is 130 cm³/mol. The molecule has 0 unspecified atom stereocenters. The highest BCUT2D eigenvalue weighted by Crippen LogP contribution is 2.46. The minimum absolute atomic E-state index is 0.271. The SMILES string of the molecule is COc1cc(C=O)cc(OC)c1-c1sc(Nc2ccc(N3CCN(C)CC3)c(F)c2)nc1N. The van der Waals surface area contributed by atoms with E-state index in [9.17, 15) is 9.18 Å². The fraction of sp³-hybridized carbons (Fsp3) is 0.304. The fourth-order valence-electron chi connectivity index (χ4n) is 3.80. The number of methoxy groups -OCH3 is 2. The number of piperazine rings is 1. The quantitative estimate of drug-likeness (QED) is 0.502. The lowest BCUT2D eigenvalue weighted by atomic mass is 10.1. The highest BCUT2D eigenvalue weighted by atomic mass is 32.1. The average molecular weight is 472 g/mol. The third kappa shape index (κ3) is 4.71. The number of benzene rings is 2. The Bertz CT molecular complexity index is 1140. The molecule has 0 amide bonds. The second kappa shape index (κ2) is 9.63. The lowest BCUT2D eigenvalue weighted by Gasteiger charge is -2.34. The molecule has 0 atom stereocenters. The van der Waals surface area contributed by atoms with E-state index >= 15 is 0 Å². The minimum Gasteiger partial charge on any atom is -0.496 e. The monoisotopic (exact) mass is 471 g/mol. The van der Waals surface area contributed by atoms with Crippen LogP contribution < -0.4 is 25.4 Å². The second-order valence-corrected chi connectivity index (χ2v) is 8.73. The molecular weight excluding hydrogens is 445 g/mol. The van der Waals surface area contributed by atoms with Crippen LogP contribution in [0, 0.1) is 5.82 Å². The fourth-order valence-corrected chi connectivity index (χ4v) is 4.76. The summed E-state index contributed by atoms with van der Waals surface area (Å²) < 4.78 is 25.8. The number of nitrogen functional groups attached to an aromatic ring is 1. The molecule has 0 radical (unpaired) electrons. The van der Waals surface area contributed by atoms with Crippen LogP contribution in [0.2, 0.25) is 0 Å². The van der Waals surface area contributed by atoms with Crippen molar-refractivity contribution in [3.05, 3.63) is 41.7 Å². The molecule has 1 aliphatic rings. The molecule has 1 fully saturated rings. The first kappa shape index (κ1) is 22.8. The number of thiazole rings is 1. The summed E-state index contributed by atoms with van der Waals surface area (Å²) in [4.78, 5) is 20.5. The normalized spacial score (nSPS) is 14.2. The second-order valence-electron chi connectivity index (χ2n) is 7.73. The van der Waals surface area contributed by atoms with Gasteiger partial charge in [-0.15, -0.1) is 0 Å². The van der Waals surface area contributed by atoms with E-state index in [-0.39, 0.29) is 11.6 Å². The summed E-state index contributed by atoms with van der Waals surface area (Å²) in [6.07, 6.45) is 0.720. The van der Waals surface area contributed by atoms with Crippen molar-refractivity contribution in [3.63, 3.8) is 0 Å². The Morgan fingerprint density at radius 1 is 1.12 bits per heavy atom. The molecule has 3 aromatic rings. The summed E-state index contributed by atoms with van der Waals surface area (Å²) in [5.41, 5.74) is 8.39. The van der Waals surface area contributed by atoms with Crippen molar-refractivity contribution in [2.75, 3.05) is 63.4 Å². The molecule has 2 heterocycles. The van der Waals surface area contributed by atoms with Crippen LogP contribution in [0.25, 0.3) is 10.4 Å². The number of likely N-dealkylation sites (N-methyl/N-ethyl adjacent to an activating group) is 1. The van der Waals surface area contributed by atoms with Crippen LogP contribution in [0.1, 0.15) is 10.4 Å². The number of nitrogens with zero attached hydrogens (tertiary/aromatic N) is 3. The van der Waals surface area contributed by atoms with Gasteiger partial charge in [0.1, 0.15) is 29.4 Å². The van der Waals surface area contributed by atoms with Crippen molar-refractivity contribution in [2.24, 2.45) is 0 Å². The Labute approximate surface area is 195 Å². The zero-order chi connectivity index (χ0) is 23.5. The number of nitrogens with two attached hydrogens (primary N) is 1. The number of halogens is 1. The number of rotatable bonds is 7. The van der Waals surface area contributed by atoms with Gasteiger partial charge in [0, 0.05) is 37.4 Å². The maximum Gasteiger partial charge on any atom is 0.189 e. The van der Waals surface area contributed by atoms with E-state index < -0.39 is 0 Å². The average Bonchev–Trinajstić information content (AvgIpc) is 3.18. The Balaban J connectivity index is 1.60. The molecular formula is C23H26FN5O3S. The first-order valence-electron chi connectivity index (χ1n) is 10.4. The van der Waals surface area contributed by atoms with Crippen molar-refractivity contribution in [1.29, 1.82) is 0 Å². The molecule has 0 aliphatic carbocycles. The van der Waals surface area contributed by atoms with E-state index in [0.717, 1.165) is 32.5 Å². The Kier molecular flexibility index (Phi) is 6.66. The highest BCUT2D eigenvalue weighted by molar-refractivity contribution is 7.19. The van der Waals surface area contributed by atoms with Gasteiger partial charge >= 0.3 is 0 Å². The van der Waals surface area contributed by atoms with Crippen LogP contribution in [0.15, 0.2) is 30.3 Å². The topological polar surface area (TPSA) is 93.0 Å². The van der Waals surface area contributed by atoms with E-state index in [1.165, 1.54) is 31.6 Å². The highest BCUT2D eigenvalue weighted by Gasteiger charge is 2.22. The summed E-state index contributed by atoms with van der Waals surface area (Å²) in [5.74, 6) is 0.872. The number of nitrogens with one attached hydrogen (secondary N) is 1. The van der Waals surface area contributed by atoms with Gasteiger partial charge in [-0.05, 0) is 37.4 Å². The number of hydrogen-bond acceptors (Lipinski definition) is 9. The third-order valence-corrected chi connectivity index (χ3v) is 6.59. The number of carbonyl (C=O) groups excluding carboxylic acids is 1. The summed E-state index contributed by atoms with van der Waals surface area (Å²) in [6, 6.07) is 8.30. The maximum absolute atomic E-state index is 14.9. The van der Waals surface area contributed by atoms with E-state index in [1.807, 2.05) is 6.07 Å². The molecule has 10 heteroatoms. The molecule has 1 aromatic heterocycles. The van der Waals surface area contributed by atoms with Crippen molar-refractivity contribution in [3.8, 4) is 21.9 Å². The van der Waals surface area contributed by atoms with E-state index in [1.54, 1.807) is 18.2 Å². The lowest BCUT2D eigenvalue weighted by Crippen LogP contribution is -2.44. The first-order chi connectivity index (χ1) is 15.9. The molecule has 174 valence electrons. The maximum atomic E-state index is 14.9. The van der Waals surface area contributed by atoms with Crippen LogP contribution in [-0.4, -0.2) is 63.6 Å². The molecule has 1 aliphatic heterocycles. The van der Waals surface area contributed by atoms with Crippen LogP contribution >= 0.6 is 11.3 Å². The Hall–Kier alpha value is -3.37.